The number of nitrogens with one attached hydrogen (secondary N) is 3. The van der Waals surface area contributed by atoms with E-state index in [1.165, 1.54) is 11.1 Å². The van der Waals surface area contributed by atoms with Gasteiger partial charge in [0.2, 0.25) is 11.8 Å². The summed E-state index contributed by atoms with van der Waals surface area (Å²) in [5, 5.41) is 8.99. The van der Waals surface area contributed by atoms with Crippen LogP contribution in [0.2, 0.25) is 0 Å². The molecule has 3 N–H and O–H groups in total. The monoisotopic (exact) mass is 395 g/mol. The number of anilines is 2. The lowest BCUT2D eigenvalue weighted by Gasteiger charge is -2.13. The van der Waals surface area contributed by atoms with Gasteiger partial charge in [-0.1, -0.05) is 58.0 Å². The Balaban J connectivity index is 1.80. The molecule has 5 nitrogen and oxygen atoms in total. The maximum Gasteiger partial charge on any atom is 0.239 e. The number of carbonyl (C=O) groups excluding carboxylic acids is 2. The second-order valence-electron chi connectivity index (χ2n) is 8.02. The molecule has 29 heavy (non-hydrogen) atoms. The fraction of sp³-hybridized carbons (Fsp3) is 0.417. The van der Waals surface area contributed by atoms with Gasteiger partial charge in [0.25, 0.3) is 0 Å². The standard InChI is InChI=1S/C24H33N3O2/c1-16(2)20-9-7-19(8-10-20)12-13-25-23(28)15-26-22-14-21(11-6-18(22)5)27-24(29)17(3)4/h6-11,14,16-17,26H,12-13,15H2,1-5H3,(H,25,28)(H,27,29). The first-order chi connectivity index (χ1) is 13.8. The zero-order valence-corrected chi connectivity index (χ0v) is 18.1. The quantitative estimate of drug-likeness (QED) is 0.586. The molecular weight excluding hydrogens is 362 g/mol. The summed E-state index contributed by atoms with van der Waals surface area (Å²) >= 11 is 0. The van der Waals surface area contributed by atoms with Crippen LogP contribution in [0.4, 0.5) is 11.4 Å². The number of hydrogen-bond acceptors (Lipinski definition) is 3. The van der Waals surface area contributed by atoms with E-state index in [-0.39, 0.29) is 24.3 Å². The molecule has 0 fully saturated rings. The van der Waals surface area contributed by atoms with Gasteiger partial charge in [-0.2, -0.15) is 0 Å². The van der Waals surface area contributed by atoms with Crippen LogP contribution >= 0.6 is 0 Å². The van der Waals surface area contributed by atoms with E-state index in [0.717, 1.165) is 23.4 Å². The Bertz CT molecular complexity index is 827. The second kappa shape index (κ2) is 10.6. The Kier molecular flexibility index (Phi) is 8.25. The molecular formula is C24H33N3O2. The van der Waals surface area contributed by atoms with E-state index in [2.05, 4.69) is 54.1 Å². The molecule has 0 saturated carbocycles. The van der Waals surface area contributed by atoms with Crippen LogP contribution in [0, 0.1) is 12.8 Å². The molecule has 0 unspecified atom stereocenters. The summed E-state index contributed by atoms with van der Waals surface area (Å²) in [4.78, 5) is 24.0. The molecule has 0 heterocycles. The summed E-state index contributed by atoms with van der Waals surface area (Å²) in [6.45, 7) is 10.8. The third-order valence-corrected chi connectivity index (χ3v) is 4.85. The highest BCUT2D eigenvalue weighted by molar-refractivity contribution is 5.92. The number of hydrogen-bond donors (Lipinski definition) is 3. The molecule has 2 rings (SSSR count). The molecule has 0 bridgehead atoms. The van der Waals surface area contributed by atoms with Gasteiger partial charge in [-0.3, -0.25) is 9.59 Å². The van der Waals surface area contributed by atoms with Crippen LogP contribution in [0.3, 0.4) is 0 Å². The van der Waals surface area contributed by atoms with Crippen molar-refractivity contribution in [2.45, 2.75) is 47.0 Å². The summed E-state index contributed by atoms with van der Waals surface area (Å²) < 4.78 is 0. The summed E-state index contributed by atoms with van der Waals surface area (Å²) in [5.74, 6) is 0.356. The lowest BCUT2D eigenvalue weighted by atomic mass is 10.0. The molecule has 0 aliphatic heterocycles. The summed E-state index contributed by atoms with van der Waals surface area (Å²) in [6, 6.07) is 14.2. The number of rotatable bonds is 9. The lowest BCUT2D eigenvalue weighted by Crippen LogP contribution is -2.31. The minimum absolute atomic E-state index is 0.0287. The van der Waals surface area contributed by atoms with E-state index in [0.29, 0.717) is 12.5 Å². The predicted octanol–water partition coefficient (Wildman–Crippen LogP) is 4.48. The molecule has 2 aromatic rings. The van der Waals surface area contributed by atoms with E-state index in [4.69, 9.17) is 0 Å². The van der Waals surface area contributed by atoms with Gasteiger partial charge in [-0.05, 0) is 48.1 Å². The van der Waals surface area contributed by atoms with Crippen LogP contribution in [-0.4, -0.2) is 24.9 Å². The van der Waals surface area contributed by atoms with Crippen LogP contribution in [0.1, 0.15) is 50.3 Å². The van der Waals surface area contributed by atoms with Crippen molar-refractivity contribution in [3.63, 3.8) is 0 Å². The first-order valence-electron chi connectivity index (χ1n) is 10.3. The maximum atomic E-state index is 12.2. The second-order valence-corrected chi connectivity index (χ2v) is 8.02. The van der Waals surface area contributed by atoms with Crippen LogP contribution in [0.5, 0.6) is 0 Å². The molecule has 0 spiro atoms. The minimum atomic E-state index is -0.0833. The number of benzene rings is 2. The molecule has 0 aromatic heterocycles. The van der Waals surface area contributed by atoms with E-state index < -0.39 is 0 Å². The van der Waals surface area contributed by atoms with Gasteiger partial charge in [0.05, 0.1) is 6.54 Å². The SMILES string of the molecule is Cc1ccc(NC(=O)C(C)C)cc1NCC(=O)NCCc1ccc(C(C)C)cc1. The predicted molar refractivity (Wildman–Crippen MR) is 120 cm³/mol. The first-order valence-corrected chi connectivity index (χ1v) is 10.3. The molecule has 0 aliphatic carbocycles. The van der Waals surface area contributed by atoms with Gasteiger partial charge in [0, 0.05) is 23.8 Å². The van der Waals surface area contributed by atoms with Crippen molar-refractivity contribution in [3.8, 4) is 0 Å². The minimum Gasteiger partial charge on any atom is -0.376 e. The van der Waals surface area contributed by atoms with Crippen molar-refractivity contribution in [3.05, 3.63) is 59.2 Å². The van der Waals surface area contributed by atoms with Crippen molar-refractivity contribution in [2.75, 3.05) is 23.7 Å². The van der Waals surface area contributed by atoms with Crippen molar-refractivity contribution in [1.29, 1.82) is 0 Å². The zero-order valence-electron chi connectivity index (χ0n) is 18.1. The van der Waals surface area contributed by atoms with Gasteiger partial charge in [0.1, 0.15) is 0 Å². The number of carbonyl (C=O) groups is 2. The van der Waals surface area contributed by atoms with Crippen molar-refractivity contribution in [1.82, 2.24) is 5.32 Å². The van der Waals surface area contributed by atoms with Crippen molar-refractivity contribution < 1.29 is 9.59 Å². The Morgan fingerprint density at radius 3 is 2.28 bits per heavy atom. The van der Waals surface area contributed by atoms with Gasteiger partial charge >= 0.3 is 0 Å². The van der Waals surface area contributed by atoms with E-state index in [1.807, 2.05) is 39.0 Å². The third-order valence-electron chi connectivity index (χ3n) is 4.85. The van der Waals surface area contributed by atoms with Crippen LogP contribution in [0.25, 0.3) is 0 Å². The smallest absolute Gasteiger partial charge is 0.239 e. The average Bonchev–Trinajstić information content (AvgIpc) is 2.68. The topological polar surface area (TPSA) is 70.2 Å². The highest BCUT2D eigenvalue weighted by Gasteiger charge is 2.09. The fourth-order valence-corrected chi connectivity index (χ4v) is 2.83. The van der Waals surface area contributed by atoms with Crippen LogP contribution in [0.15, 0.2) is 42.5 Å². The average molecular weight is 396 g/mol. The van der Waals surface area contributed by atoms with Crippen LogP contribution in [-0.2, 0) is 16.0 Å². The first kappa shape index (κ1) is 22.5. The summed E-state index contributed by atoms with van der Waals surface area (Å²) in [6.07, 6.45) is 0.805. The summed E-state index contributed by atoms with van der Waals surface area (Å²) in [5.41, 5.74) is 5.12. The number of amides is 2. The molecule has 156 valence electrons. The molecule has 0 atom stereocenters. The molecule has 5 heteroatoms. The Morgan fingerprint density at radius 1 is 0.966 bits per heavy atom. The van der Waals surface area contributed by atoms with E-state index >= 15 is 0 Å². The highest BCUT2D eigenvalue weighted by Crippen LogP contribution is 2.20. The van der Waals surface area contributed by atoms with Crippen molar-refractivity contribution >= 4 is 23.2 Å². The normalized spacial score (nSPS) is 10.9. The van der Waals surface area contributed by atoms with Gasteiger partial charge in [-0.15, -0.1) is 0 Å². The molecule has 0 saturated heterocycles. The Labute approximate surface area is 174 Å². The van der Waals surface area contributed by atoms with E-state index in [1.54, 1.807) is 0 Å². The third kappa shape index (κ3) is 7.26. The molecule has 0 radical (unpaired) electrons. The lowest BCUT2D eigenvalue weighted by molar-refractivity contribution is -0.120. The molecule has 2 amide bonds. The zero-order chi connectivity index (χ0) is 21.4. The summed E-state index contributed by atoms with van der Waals surface area (Å²) in [7, 11) is 0. The Hall–Kier alpha value is -2.82. The largest absolute Gasteiger partial charge is 0.376 e. The van der Waals surface area contributed by atoms with Gasteiger partial charge in [-0.25, -0.2) is 0 Å². The van der Waals surface area contributed by atoms with Crippen molar-refractivity contribution in [2.24, 2.45) is 5.92 Å². The van der Waals surface area contributed by atoms with Gasteiger partial charge in [0.15, 0.2) is 0 Å². The van der Waals surface area contributed by atoms with E-state index in [9.17, 15) is 9.59 Å². The highest BCUT2D eigenvalue weighted by atomic mass is 16.2. The molecule has 0 aliphatic rings. The fourth-order valence-electron chi connectivity index (χ4n) is 2.83. The van der Waals surface area contributed by atoms with Gasteiger partial charge < -0.3 is 16.0 Å². The number of aryl methyl sites for hydroxylation is 1. The van der Waals surface area contributed by atoms with Crippen LogP contribution < -0.4 is 16.0 Å². The maximum absolute atomic E-state index is 12.2. The Morgan fingerprint density at radius 2 is 1.66 bits per heavy atom. The molecule has 2 aromatic carbocycles.